The van der Waals surface area contributed by atoms with Crippen molar-refractivity contribution < 1.29 is 4.79 Å². The second-order valence-electron chi connectivity index (χ2n) is 5.25. The van der Waals surface area contributed by atoms with Crippen molar-refractivity contribution in [2.24, 2.45) is 0 Å². The van der Waals surface area contributed by atoms with Gasteiger partial charge in [0.2, 0.25) is 5.91 Å². The molecule has 0 saturated carbocycles. The molecular weight excluding hydrogens is 224 g/mol. The van der Waals surface area contributed by atoms with Crippen LogP contribution in [0.5, 0.6) is 0 Å². The first-order valence-electron chi connectivity index (χ1n) is 6.97. The predicted octanol–water partition coefficient (Wildman–Crippen LogP) is 2.56. The lowest BCUT2D eigenvalue weighted by molar-refractivity contribution is -0.133. The van der Waals surface area contributed by atoms with Gasteiger partial charge in [-0.1, -0.05) is 18.2 Å². The third-order valence-electron chi connectivity index (χ3n) is 3.94. The highest BCUT2D eigenvalue weighted by molar-refractivity contribution is 5.77. The van der Waals surface area contributed by atoms with E-state index in [1.54, 1.807) is 0 Å². The van der Waals surface area contributed by atoms with Gasteiger partial charge in [-0.05, 0) is 36.8 Å². The summed E-state index contributed by atoms with van der Waals surface area (Å²) in [6, 6.07) is 6.47. The summed E-state index contributed by atoms with van der Waals surface area (Å²) in [5, 5.41) is 3.50. The number of nitrogens with zero attached hydrogens (tertiary/aromatic N) is 1. The second kappa shape index (κ2) is 5.01. The van der Waals surface area contributed by atoms with Crippen LogP contribution in [0.15, 0.2) is 18.2 Å². The summed E-state index contributed by atoms with van der Waals surface area (Å²) in [7, 11) is 0. The van der Waals surface area contributed by atoms with E-state index in [4.69, 9.17) is 0 Å². The Hall–Kier alpha value is -1.51. The smallest absolute Gasteiger partial charge is 0.222 e. The molecule has 0 aliphatic carbocycles. The van der Waals surface area contributed by atoms with Crippen molar-refractivity contribution >= 4 is 11.6 Å². The molecule has 1 aromatic carbocycles. The van der Waals surface area contributed by atoms with E-state index in [1.165, 1.54) is 23.2 Å². The number of likely N-dealkylation sites (tertiary alicyclic amines) is 1. The number of amides is 1. The fraction of sp³-hybridized carbons (Fsp3) is 0.533. The van der Waals surface area contributed by atoms with Crippen molar-refractivity contribution in [2.45, 2.75) is 38.6 Å². The van der Waals surface area contributed by atoms with Crippen LogP contribution in [0.2, 0.25) is 0 Å². The monoisotopic (exact) mass is 244 g/mol. The number of hydrogen-bond donors (Lipinski definition) is 1. The van der Waals surface area contributed by atoms with Gasteiger partial charge < -0.3 is 10.2 Å². The van der Waals surface area contributed by atoms with Gasteiger partial charge in [0.15, 0.2) is 0 Å². The molecule has 2 aliphatic rings. The molecule has 0 atom stereocenters. The maximum Gasteiger partial charge on any atom is 0.222 e. The van der Waals surface area contributed by atoms with Crippen LogP contribution in [0.3, 0.4) is 0 Å². The number of para-hydroxylation sites is 1. The van der Waals surface area contributed by atoms with E-state index in [1.807, 2.05) is 4.90 Å². The minimum Gasteiger partial charge on any atom is -0.385 e. The summed E-state index contributed by atoms with van der Waals surface area (Å²) in [5.41, 5.74) is 3.97. The molecule has 0 unspecified atom stereocenters. The van der Waals surface area contributed by atoms with E-state index < -0.39 is 0 Å². The number of carbonyl (C=O) groups excluding carboxylic acids is 1. The molecule has 2 aliphatic heterocycles. The standard InChI is InChI=1S/C15H20N2O/c18-14-8-1-2-10-17(14)11-13-6-3-5-12-7-4-9-16-15(12)13/h3,5-6,16H,1-2,4,7-11H2. The molecule has 3 nitrogen and oxygen atoms in total. The zero-order valence-electron chi connectivity index (χ0n) is 10.7. The van der Waals surface area contributed by atoms with Crippen LogP contribution < -0.4 is 5.32 Å². The number of nitrogens with one attached hydrogen (secondary N) is 1. The molecule has 1 fully saturated rings. The number of carbonyl (C=O) groups is 1. The van der Waals surface area contributed by atoms with Gasteiger partial charge in [-0.2, -0.15) is 0 Å². The topological polar surface area (TPSA) is 32.3 Å². The number of rotatable bonds is 2. The molecule has 3 heteroatoms. The Bertz CT molecular complexity index is 456. The molecule has 0 radical (unpaired) electrons. The maximum absolute atomic E-state index is 11.9. The fourth-order valence-electron chi connectivity index (χ4n) is 2.95. The van der Waals surface area contributed by atoms with E-state index in [9.17, 15) is 4.79 Å². The van der Waals surface area contributed by atoms with Gasteiger partial charge in [0.25, 0.3) is 0 Å². The molecule has 0 bridgehead atoms. The lowest BCUT2D eigenvalue weighted by atomic mass is 9.98. The maximum atomic E-state index is 11.9. The molecule has 1 aromatic rings. The molecule has 1 N–H and O–H groups in total. The first kappa shape index (κ1) is 11.6. The van der Waals surface area contributed by atoms with Gasteiger partial charge in [0.05, 0.1) is 0 Å². The highest BCUT2D eigenvalue weighted by Gasteiger charge is 2.20. The number of fused-ring (bicyclic) bond motifs is 1. The van der Waals surface area contributed by atoms with Crippen LogP contribution in [-0.2, 0) is 17.8 Å². The second-order valence-corrected chi connectivity index (χ2v) is 5.25. The van der Waals surface area contributed by atoms with E-state index in [2.05, 4.69) is 23.5 Å². The van der Waals surface area contributed by atoms with E-state index in [0.717, 1.165) is 45.3 Å². The van der Waals surface area contributed by atoms with Crippen LogP contribution >= 0.6 is 0 Å². The largest absolute Gasteiger partial charge is 0.385 e. The Morgan fingerprint density at radius 1 is 1.17 bits per heavy atom. The van der Waals surface area contributed by atoms with Crippen molar-refractivity contribution in [1.29, 1.82) is 0 Å². The summed E-state index contributed by atoms with van der Waals surface area (Å²) < 4.78 is 0. The fourth-order valence-corrected chi connectivity index (χ4v) is 2.95. The Kier molecular flexibility index (Phi) is 3.22. The molecule has 0 spiro atoms. The molecule has 1 saturated heterocycles. The molecule has 1 amide bonds. The number of anilines is 1. The molecule has 96 valence electrons. The SMILES string of the molecule is O=C1CCCCN1Cc1cccc2c1NCCC2. The Balaban J connectivity index is 1.81. The predicted molar refractivity (Wildman–Crippen MR) is 72.5 cm³/mol. The van der Waals surface area contributed by atoms with Crippen molar-refractivity contribution in [3.8, 4) is 0 Å². The number of hydrogen-bond acceptors (Lipinski definition) is 2. The minimum atomic E-state index is 0.315. The average Bonchev–Trinajstić information content (AvgIpc) is 2.42. The van der Waals surface area contributed by atoms with Crippen LogP contribution in [0.25, 0.3) is 0 Å². The number of aryl methyl sites for hydroxylation is 1. The summed E-state index contributed by atoms with van der Waals surface area (Å²) >= 11 is 0. The minimum absolute atomic E-state index is 0.315. The van der Waals surface area contributed by atoms with Crippen molar-refractivity contribution in [3.05, 3.63) is 29.3 Å². The van der Waals surface area contributed by atoms with E-state index in [-0.39, 0.29) is 0 Å². The van der Waals surface area contributed by atoms with Gasteiger partial charge in [0.1, 0.15) is 0 Å². The molecule has 3 rings (SSSR count). The van der Waals surface area contributed by atoms with Gasteiger partial charge in [-0.15, -0.1) is 0 Å². The molecular formula is C15H20N2O. The highest BCUT2D eigenvalue weighted by atomic mass is 16.2. The average molecular weight is 244 g/mol. The lowest BCUT2D eigenvalue weighted by Gasteiger charge is -2.29. The molecule has 0 aromatic heterocycles. The summed E-state index contributed by atoms with van der Waals surface area (Å²) in [5.74, 6) is 0.315. The first-order valence-corrected chi connectivity index (χ1v) is 6.97. The highest BCUT2D eigenvalue weighted by Crippen LogP contribution is 2.27. The van der Waals surface area contributed by atoms with Crippen molar-refractivity contribution in [1.82, 2.24) is 4.90 Å². The van der Waals surface area contributed by atoms with Crippen LogP contribution in [-0.4, -0.2) is 23.9 Å². The van der Waals surface area contributed by atoms with Crippen molar-refractivity contribution in [3.63, 3.8) is 0 Å². The van der Waals surface area contributed by atoms with E-state index >= 15 is 0 Å². The van der Waals surface area contributed by atoms with Gasteiger partial charge in [0, 0.05) is 31.7 Å². The Morgan fingerprint density at radius 2 is 2.11 bits per heavy atom. The quantitative estimate of drug-likeness (QED) is 0.867. The number of piperidine rings is 1. The summed E-state index contributed by atoms with van der Waals surface area (Å²) in [6.45, 7) is 2.75. The Labute approximate surface area is 108 Å². The van der Waals surface area contributed by atoms with Crippen LogP contribution in [0, 0.1) is 0 Å². The third kappa shape index (κ3) is 2.22. The van der Waals surface area contributed by atoms with Gasteiger partial charge >= 0.3 is 0 Å². The van der Waals surface area contributed by atoms with Crippen LogP contribution in [0.1, 0.15) is 36.8 Å². The van der Waals surface area contributed by atoms with Crippen LogP contribution in [0.4, 0.5) is 5.69 Å². The number of benzene rings is 1. The zero-order valence-corrected chi connectivity index (χ0v) is 10.7. The normalized spacial score (nSPS) is 19.3. The first-order chi connectivity index (χ1) is 8.84. The summed E-state index contributed by atoms with van der Waals surface area (Å²) in [6.07, 6.45) is 5.29. The summed E-state index contributed by atoms with van der Waals surface area (Å²) in [4.78, 5) is 13.9. The van der Waals surface area contributed by atoms with E-state index in [0.29, 0.717) is 5.91 Å². The van der Waals surface area contributed by atoms with Gasteiger partial charge in [-0.25, -0.2) is 0 Å². The van der Waals surface area contributed by atoms with Gasteiger partial charge in [-0.3, -0.25) is 4.79 Å². The van der Waals surface area contributed by atoms with Crippen molar-refractivity contribution in [2.75, 3.05) is 18.4 Å². The molecule has 2 heterocycles. The zero-order chi connectivity index (χ0) is 12.4. The molecule has 18 heavy (non-hydrogen) atoms. The Morgan fingerprint density at radius 3 is 3.00 bits per heavy atom. The third-order valence-corrected chi connectivity index (χ3v) is 3.94. The lowest BCUT2D eigenvalue weighted by Crippen LogP contribution is -2.35.